The number of hydrogen-bond donors (Lipinski definition) is 1. The number of benzene rings is 1. The summed E-state index contributed by atoms with van der Waals surface area (Å²) in [6.45, 7) is 6.68. The van der Waals surface area contributed by atoms with Crippen LogP contribution < -0.4 is 5.32 Å². The second-order valence-corrected chi connectivity index (χ2v) is 5.90. The van der Waals surface area contributed by atoms with Crippen molar-refractivity contribution in [2.24, 2.45) is 0 Å². The fourth-order valence-corrected chi connectivity index (χ4v) is 2.80. The van der Waals surface area contributed by atoms with Gasteiger partial charge in [0.05, 0.1) is 12.4 Å². The van der Waals surface area contributed by atoms with Gasteiger partial charge in [0.25, 0.3) is 0 Å². The maximum absolute atomic E-state index is 11.7. The van der Waals surface area contributed by atoms with E-state index in [1.54, 1.807) is 18.9 Å². The van der Waals surface area contributed by atoms with Gasteiger partial charge in [-0.05, 0) is 26.3 Å². The van der Waals surface area contributed by atoms with E-state index in [4.69, 9.17) is 4.74 Å². The summed E-state index contributed by atoms with van der Waals surface area (Å²) in [6.07, 6.45) is 0. The van der Waals surface area contributed by atoms with Crippen molar-refractivity contribution < 1.29 is 9.53 Å². The largest absolute Gasteiger partial charge is 0.383 e. The molecular weight excluding hydrogens is 258 g/mol. The number of ether oxygens (including phenoxy) is 1. The standard InChI is InChI=1S/C15H23NO2S/c1-11-5-12(2)7-14(6-11)9-19-10-15(17)16-13(3)8-18-4/h5-7,13H,8-10H2,1-4H3,(H,16,17)/t13-/m1/s1. The first-order valence-electron chi connectivity index (χ1n) is 6.44. The molecule has 0 aliphatic carbocycles. The number of aryl methyl sites for hydroxylation is 2. The van der Waals surface area contributed by atoms with E-state index in [0.717, 1.165) is 5.75 Å². The zero-order chi connectivity index (χ0) is 14.3. The fraction of sp³-hybridized carbons (Fsp3) is 0.533. The maximum Gasteiger partial charge on any atom is 0.230 e. The number of methoxy groups -OCH3 is 1. The number of thioether (sulfide) groups is 1. The Morgan fingerprint density at radius 1 is 1.32 bits per heavy atom. The minimum Gasteiger partial charge on any atom is -0.383 e. The molecular formula is C15H23NO2S. The molecule has 106 valence electrons. The molecule has 19 heavy (non-hydrogen) atoms. The van der Waals surface area contributed by atoms with Crippen molar-refractivity contribution >= 4 is 17.7 Å². The second-order valence-electron chi connectivity index (χ2n) is 4.91. The Hall–Kier alpha value is -1.00. The van der Waals surface area contributed by atoms with Crippen LogP contribution in [0.3, 0.4) is 0 Å². The molecule has 1 amide bonds. The van der Waals surface area contributed by atoms with Gasteiger partial charge in [0, 0.05) is 18.9 Å². The summed E-state index contributed by atoms with van der Waals surface area (Å²) in [5.41, 5.74) is 3.82. The van der Waals surface area contributed by atoms with Crippen LogP contribution in [0.15, 0.2) is 18.2 Å². The SMILES string of the molecule is COC[C@@H](C)NC(=O)CSCc1cc(C)cc(C)c1. The van der Waals surface area contributed by atoms with E-state index in [-0.39, 0.29) is 11.9 Å². The topological polar surface area (TPSA) is 38.3 Å². The quantitative estimate of drug-likeness (QED) is 0.835. The lowest BCUT2D eigenvalue weighted by molar-refractivity contribution is -0.119. The van der Waals surface area contributed by atoms with Crippen molar-refractivity contribution in [3.63, 3.8) is 0 Å². The summed E-state index contributed by atoms with van der Waals surface area (Å²) >= 11 is 1.64. The molecule has 1 rings (SSSR count). The molecule has 0 aliphatic rings. The van der Waals surface area contributed by atoms with E-state index in [1.807, 2.05) is 6.92 Å². The molecule has 1 aromatic rings. The van der Waals surface area contributed by atoms with Gasteiger partial charge in [-0.3, -0.25) is 4.79 Å². The van der Waals surface area contributed by atoms with Crippen molar-refractivity contribution in [3.8, 4) is 0 Å². The van der Waals surface area contributed by atoms with E-state index in [0.29, 0.717) is 12.4 Å². The van der Waals surface area contributed by atoms with Gasteiger partial charge < -0.3 is 10.1 Å². The molecule has 0 spiro atoms. The van der Waals surface area contributed by atoms with Crippen molar-refractivity contribution in [1.82, 2.24) is 5.32 Å². The average molecular weight is 281 g/mol. The highest BCUT2D eigenvalue weighted by Crippen LogP contribution is 2.15. The van der Waals surface area contributed by atoms with Crippen molar-refractivity contribution in [3.05, 3.63) is 34.9 Å². The highest BCUT2D eigenvalue weighted by molar-refractivity contribution is 7.99. The Bertz CT molecular complexity index is 400. The molecule has 1 aromatic carbocycles. The highest BCUT2D eigenvalue weighted by Gasteiger charge is 2.07. The number of amides is 1. The van der Waals surface area contributed by atoms with E-state index in [2.05, 4.69) is 37.4 Å². The van der Waals surface area contributed by atoms with Gasteiger partial charge in [-0.15, -0.1) is 11.8 Å². The molecule has 0 heterocycles. The zero-order valence-corrected chi connectivity index (χ0v) is 13.0. The lowest BCUT2D eigenvalue weighted by Gasteiger charge is -2.12. The molecule has 4 heteroatoms. The first-order chi connectivity index (χ1) is 9.01. The predicted molar refractivity (Wildman–Crippen MR) is 81.6 cm³/mol. The number of carbonyl (C=O) groups excluding carboxylic acids is 1. The van der Waals surface area contributed by atoms with E-state index < -0.39 is 0 Å². The molecule has 0 saturated carbocycles. The van der Waals surface area contributed by atoms with Gasteiger partial charge >= 0.3 is 0 Å². The lowest BCUT2D eigenvalue weighted by Crippen LogP contribution is -2.36. The van der Waals surface area contributed by atoms with Crippen LogP contribution in [0.1, 0.15) is 23.6 Å². The lowest BCUT2D eigenvalue weighted by atomic mass is 10.1. The average Bonchev–Trinajstić information content (AvgIpc) is 2.27. The minimum absolute atomic E-state index is 0.0684. The molecule has 1 N–H and O–H groups in total. The van der Waals surface area contributed by atoms with Crippen molar-refractivity contribution in [1.29, 1.82) is 0 Å². The van der Waals surface area contributed by atoms with Crippen LogP contribution in [-0.2, 0) is 15.3 Å². The molecule has 0 radical (unpaired) electrons. The fourth-order valence-electron chi connectivity index (χ4n) is 2.02. The number of carbonyl (C=O) groups is 1. The molecule has 0 saturated heterocycles. The first kappa shape index (κ1) is 16.1. The zero-order valence-electron chi connectivity index (χ0n) is 12.2. The molecule has 3 nitrogen and oxygen atoms in total. The Labute approximate surface area is 120 Å². The van der Waals surface area contributed by atoms with E-state index in [9.17, 15) is 4.79 Å². The third-order valence-electron chi connectivity index (χ3n) is 2.61. The van der Waals surface area contributed by atoms with Crippen LogP contribution >= 0.6 is 11.8 Å². The molecule has 0 bridgehead atoms. The van der Waals surface area contributed by atoms with Crippen LogP contribution in [0.2, 0.25) is 0 Å². The number of nitrogens with one attached hydrogen (secondary N) is 1. The van der Waals surface area contributed by atoms with E-state index in [1.165, 1.54) is 16.7 Å². The van der Waals surface area contributed by atoms with Gasteiger partial charge in [0.15, 0.2) is 0 Å². The smallest absolute Gasteiger partial charge is 0.230 e. The second kappa shape index (κ2) is 8.23. The highest BCUT2D eigenvalue weighted by atomic mass is 32.2. The summed E-state index contributed by atoms with van der Waals surface area (Å²) in [5.74, 6) is 1.43. The van der Waals surface area contributed by atoms with Crippen LogP contribution in [0, 0.1) is 13.8 Å². The molecule has 0 aliphatic heterocycles. The number of hydrogen-bond acceptors (Lipinski definition) is 3. The third-order valence-corrected chi connectivity index (χ3v) is 3.61. The summed E-state index contributed by atoms with van der Waals surface area (Å²) in [5, 5.41) is 2.91. The molecule has 0 aromatic heterocycles. The summed E-state index contributed by atoms with van der Waals surface area (Å²) in [7, 11) is 1.64. The minimum atomic E-state index is 0.0684. The predicted octanol–water partition coefficient (Wildman–Crippen LogP) is 2.69. The maximum atomic E-state index is 11.7. The Morgan fingerprint density at radius 2 is 1.95 bits per heavy atom. The van der Waals surface area contributed by atoms with E-state index >= 15 is 0 Å². The van der Waals surface area contributed by atoms with Crippen LogP contribution in [0.25, 0.3) is 0 Å². The van der Waals surface area contributed by atoms with Crippen LogP contribution in [0.4, 0.5) is 0 Å². The van der Waals surface area contributed by atoms with Crippen molar-refractivity contribution in [2.45, 2.75) is 32.6 Å². The molecule has 0 unspecified atom stereocenters. The Morgan fingerprint density at radius 3 is 2.53 bits per heavy atom. The van der Waals surface area contributed by atoms with Crippen molar-refractivity contribution in [2.75, 3.05) is 19.5 Å². The monoisotopic (exact) mass is 281 g/mol. The normalized spacial score (nSPS) is 12.2. The van der Waals surface area contributed by atoms with Crippen LogP contribution in [0.5, 0.6) is 0 Å². The molecule has 1 atom stereocenters. The first-order valence-corrected chi connectivity index (χ1v) is 7.60. The van der Waals surface area contributed by atoms with Gasteiger partial charge in [-0.25, -0.2) is 0 Å². The van der Waals surface area contributed by atoms with Gasteiger partial charge in [-0.1, -0.05) is 29.3 Å². The summed E-state index contributed by atoms with van der Waals surface area (Å²) in [4.78, 5) is 11.7. The van der Waals surface area contributed by atoms with Gasteiger partial charge in [0.1, 0.15) is 0 Å². The van der Waals surface area contributed by atoms with Crippen LogP contribution in [-0.4, -0.2) is 31.4 Å². The summed E-state index contributed by atoms with van der Waals surface area (Å²) in [6, 6.07) is 6.57. The molecule has 0 fully saturated rings. The van der Waals surface area contributed by atoms with Gasteiger partial charge in [-0.2, -0.15) is 0 Å². The van der Waals surface area contributed by atoms with Gasteiger partial charge in [0.2, 0.25) is 5.91 Å². The third kappa shape index (κ3) is 6.64. The Kier molecular flexibility index (Phi) is 6.95. The number of rotatable bonds is 7. The Balaban J connectivity index is 2.31. The summed E-state index contributed by atoms with van der Waals surface area (Å²) < 4.78 is 4.98.